The fourth-order valence-corrected chi connectivity index (χ4v) is 1.60. The minimum Gasteiger partial charge on any atom is -0.367 e. The van der Waals surface area contributed by atoms with E-state index in [1.165, 1.54) is 18.4 Å². The lowest BCUT2D eigenvalue weighted by Crippen LogP contribution is -2.15. The zero-order chi connectivity index (χ0) is 9.97. The average Bonchev–Trinajstić information content (AvgIpc) is 3.02. The second-order valence-corrected chi connectivity index (χ2v) is 4.17. The molecule has 1 atom stereocenters. The van der Waals surface area contributed by atoms with Crippen LogP contribution in [-0.2, 0) is 0 Å². The molecule has 1 aliphatic rings. The molecule has 0 spiro atoms. The zero-order valence-corrected chi connectivity index (χ0v) is 8.96. The Bertz CT molecular complexity index is 305. The number of pyridine rings is 1. The highest BCUT2D eigenvalue weighted by molar-refractivity contribution is 5.48. The molecule has 0 bridgehead atoms. The van der Waals surface area contributed by atoms with Crippen molar-refractivity contribution in [2.24, 2.45) is 0 Å². The van der Waals surface area contributed by atoms with E-state index in [2.05, 4.69) is 30.2 Å². The molecule has 0 aliphatic heterocycles. The third-order valence-electron chi connectivity index (χ3n) is 2.85. The molecule has 0 radical (unpaired) electrons. The lowest BCUT2D eigenvalue weighted by molar-refractivity contribution is 0.756. The van der Waals surface area contributed by atoms with E-state index in [1.54, 1.807) is 0 Å². The average molecular weight is 190 g/mol. The number of aromatic nitrogens is 1. The summed E-state index contributed by atoms with van der Waals surface area (Å²) in [6.45, 7) is 4.39. The van der Waals surface area contributed by atoms with Crippen LogP contribution in [0.5, 0.6) is 0 Å². The number of hydrogen-bond donors (Lipinski definition) is 1. The van der Waals surface area contributed by atoms with E-state index in [1.807, 2.05) is 12.3 Å². The molecular weight excluding hydrogens is 172 g/mol. The smallest absolute Gasteiger partial charge is 0.129 e. The van der Waals surface area contributed by atoms with Gasteiger partial charge in [0.2, 0.25) is 0 Å². The Morgan fingerprint density at radius 2 is 2.36 bits per heavy atom. The van der Waals surface area contributed by atoms with Crippen LogP contribution >= 0.6 is 0 Å². The first kappa shape index (κ1) is 9.50. The van der Waals surface area contributed by atoms with Gasteiger partial charge < -0.3 is 5.32 Å². The van der Waals surface area contributed by atoms with Gasteiger partial charge in [0.25, 0.3) is 0 Å². The van der Waals surface area contributed by atoms with Crippen LogP contribution in [0, 0.1) is 0 Å². The third-order valence-corrected chi connectivity index (χ3v) is 2.85. The summed E-state index contributed by atoms with van der Waals surface area (Å²) >= 11 is 0. The summed E-state index contributed by atoms with van der Waals surface area (Å²) in [6.07, 6.45) is 5.68. The van der Waals surface area contributed by atoms with Crippen molar-refractivity contribution in [2.45, 2.75) is 45.1 Å². The molecule has 76 valence electrons. The van der Waals surface area contributed by atoms with Crippen LogP contribution in [0.2, 0.25) is 0 Å². The maximum Gasteiger partial charge on any atom is 0.129 e. The van der Waals surface area contributed by atoms with E-state index in [9.17, 15) is 0 Å². The van der Waals surface area contributed by atoms with E-state index < -0.39 is 0 Å². The molecule has 1 heterocycles. The number of rotatable bonds is 4. The Hall–Kier alpha value is -1.05. The molecule has 1 saturated carbocycles. The van der Waals surface area contributed by atoms with Crippen molar-refractivity contribution in [3.05, 3.63) is 23.9 Å². The molecular formula is C12H18N2. The first-order valence-corrected chi connectivity index (χ1v) is 5.52. The van der Waals surface area contributed by atoms with Crippen LogP contribution < -0.4 is 5.32 Å². The SMILES string of the molecule is CCC(C)Nc1ncccc1C1CC1. The molecule has 1 unspecified atom stereocenters. The van der Waals surface area contributed by atoms with E-state index in [0.29, 0.717) is 6.04 Å². The van der Waals surface area contributed by atoms with Crippen molar-refractivity contribution < 1.29 is 0 Å². The molecule has 14 heavy (non-hydrogen) atoms. The standard InChI is InChI=1S/C12H18N2/c1-3-9(2)14-12-11(10-6-7-10)5-4-8-13-12/h4-5,8-10H,3,6-7H2,1-2H3,(H,13,14). The summed E-state index contributed by atoms with van der Waals surface area (Å²) in [4.78, 5) is 4.42. The van der Waals surface area contributed by atoms with Crippen LogP contribution in [0.4, 0.5) is 5.82 Å². The Kier molecular flexibility index (Phi) is 2.71. The summed E-state index contributed by atoms with van der Waals surface area (Å²) < 4.78 is 0. The maximum absolute atomic E-state index is 4.42. The van der Waals surface area contributed by atoms with Crippen LogP contribution in [0.25, 0.3) is 0 Å². The molecule has 0 aromatic carbocycles. The fourth-order valence-electron chi connectivity index (χ4n) is 1.60. The van der Waals surface area contributed by atoms with Gasteiger partial charge in [-0.05, 0) is 43.7 Å². The molecule has 0 amide bonds. The van der Waals surface area contributed by atoms with Crippen molar-refractivity contribution in [1.29, 1.82) is 0 Å². The quantitative estimate of drug-likeness (QED) is 0.788. The number of anilines is 1. The third kappa shape index (κ3) is 2.06. The Balaban J connectivity index is 2.14. The van der Waals surface area contributed by atoms with Gasteiger partial charge in [-0.25, -0.2) is 4.98 Å². The van der Waals surface area contributed by atoms with Gasteiger partial charge >= 0.3 is 0 Å². The minimum atomic E-state index is 0.516. The summed E-state index contributed by atoms with van der Waals surface area (Å²) in [6, 6.07) is 4.76. The molecule has 1 aliphatic carbocycles. The Morgan fingerprint density at radius 3 is 3.00 bits per heavy atom. The van der Waals surface area contributed by atoms with Crippen molar-refractivity contribution in [3.63, 3.8) is 0 Å². The highest BCUT2D eigenvalue weighted by Crippen LogP contribution is 2.42. The number of nitrogens with one attached hydrogen (secondary N) is 1. The van der Waals surface area contributed by atoms with Gasteiger partial charge in [0, 0.05) is 12.2 Å². The molecule has 1 fully saturated rings. The first-order chi connectivity index (χ1) is 6.81. The van der Waals surface area contributed by atoms with Gasteiger partial charge in [-0.15, -0.1) is 0 Å². The Morgan fingerprint density at radius 1 is 1.57 bits per heavy atom. The summed E-state index contributed by atoms with van der Waals surface area (Å²) in [5, 5.41) is 3.47. The van der Waals surface area contributed by atoms with Gasteiger partial charge in [-0.3, -0.25) is 0 Å². The van der Waals surface area contributed by atoms with Gasteiger partial charge in [0.1, 0.15) is 5.82 Å². The molecule has 1 N–H and O–H groups in total. The number of hydrogen-bond acceptors (Lipinski definition) is 2. The monoisotopic (exact) mass is 190 g/mol. The highest BCUT2D eigenvalue weighted by Gasteiger charge is 2.26. The van der Waals surface area contributed by atoms with Crippen molar-refractivity contribution in [2.75, 3.05) is 5.32 Å². The largest absolute Gasteiger partial charge is 0.367 e. The highest BCUT2D eigenvalue weighted by atomic mass is 15.0. The zero-order valence-electron chi connectivity index (χ0n) is 8.96. The number of nitrogens with zero attached hydrogens (tertiary/aromatic N) is 1. The first-order valence-electron chi connectivity index (χ1n) is 5.52. The van der Waals surface area contributed by atoms with Crippen molar-refractivity contribution in [3.8, 4) is 0 Å². The lowest BCUT2D eigenvalue weighted by Gasteiger charge is -2.14. The van der Waals surface area contributed by atoms with E-state index in [0.717, 1.165) is 18.2 Å². The molecule has 2 rings (SSSR count). The molecule has 1 aromatic heterocycles. The second-order valence-electron chi connectivity index (χ2n) is 4.17. The van der Waals surface area contributed by atoms with Crippen LogP contribution in [-0.4, -0.2) is 11.0 Å². The van der Waals surface area contributed by atoms with Gasteiger partial charge in [-0.1, -0.05) is 13.0 Å². The van der Waals surface area contributed by atoms with Crippen molar-refractivity contribution in [1.82, 2.24) is 4.98 Å². The molecule has 2 heteroatoms. The summed E-state index contributed by atoms with van der Waals surface area (Å²) in [5.74, 6) is 1.87. The molecule has 0 saturated heterocycles. The minimum absolute atomic E-state index is 0.516. The van der Waals surface area contributed by atoms with Crippen LogP contribution in [0.1, 0.15) is 44.6 Å². The van der Waals surface area contributed by atoms with E-state index >= 15 is 0 Å². The second kappa shape index (κ2) is 3.99. The topological polar surface area (TPSA) is 24.9 Å². The lowest BCUT2D eigenvalue weighted by atomic mass is 10.1. The normalized spacial score (nSPS) is 17.9. The van der Waals surface area contributed by atoms with E-state index in [-0.39, 0.29) is 0 Å². The van der Waals surface area contributed by atoms with Gasteiger partial charge in [0.15, 0.2) is 0 Å². The predicted octanol–water partition coefficient (Wildman–Crippen LogP) is 3.17. The van der Waals surface area contributed by atoms with Crippen LogP contribution in [0.3, 0.4) is 0 Å². The predicted molar refractivity (Wildman–Crippen MR) is 59.6 cm³/mol. The van der Waals surface area contributed by atoms with Crippen molar-refractivity contribution >= 4 is 5.82 Å². The van der Waals surface area contributed by atoms with Gasteiger partial charge in [-0.2, -0.15) is 0 Å². The van der Waals surface area contributed by atoms with Gasteiger partial charge in [0.05, 0.1) is 0 Å². The Labute approximate surface area is 85.7 Å². The molecule has 1 aromatic rings. The van der Waals surface area contributed by atoms with Crippen LogP contribution in [0.15, 0.2) is 18.3 Å². The van der Waals surface area contributed by atoms with E-state index in [4.69, 9.17) is 0 Å². The fraction of sp³-hybridized carbons (Fsp3) is 0.583. The summed E-state index contributed by atoms with van der Waals surface area (Å²) in [7, 11) is 0. The molecule has 2 nitrogen and oxygen atoms in total. The maximum atomic E-state index is 4.42. The summed E-state index contributed by atoms with van der Waals surface area (Å²) in [5.41, 5.74) is 1.41.